The molecule has 19 heavy (non-hydrogen) atoms. The van der Waals surface area contributed by atoms with E-state index >= 15 is 0 Å². The van der Waals surface area contributed by atoms with E-state index in [1.165, 1.54) is 4.68 Å². The third kappa shape index (κ3) is 2.56. The van der Waals surface area contributed by atoms with Crippen molar-refractivity contribution < 1.29 is 0 Å². The first-order valence-corrected chi connectivity index (χ1v) is 6.26. The number of rotatable bonds is 2. The molecule has 0 amide bonds. The summed E-state index contributed by atoms with van der Waals surface area (Å²) in [6, 6.07) is 7.76. The smallest absolute Gasteiger partial charge is 0.276 e. The Kier molecular flexibility index (Phi) is 3.48. The zero-order valence-electron chi connectivity index (χ0n) is 11.1. The van der Waals surface area contributed by atoms with Gasteiger partial charge in [-0.3, -0.25) is 4.79 Å². The summed E-state index contributed by atoms with van der Waals surface area (Å²) in [5.41, 5.74) is 9.54. The van der Waals surface area contributed by atoms with Crippen LogP contribution in [-0.2, 0) is 7.05 Å². The minimum Gasteiger partial charge on any atom is -0.389 e. The van der Waals surface area contributed by atoms with E-state index in [1.54, 1.807) is 13.1 Å². The molecule has 1 heterocycles. The summed E-state index contributed by atoms with van der Waals surface area (Å²) in [5, 5.41) is 4.28. The van der Waals surface area contributed by atoms with Crippen LogP contribution in [0.15, 0.2) is 29.1 Å². The number of hydrogen-bond donors (Lipinski definition) is 1. The van der Waals surface area contributed by atoms with E-state index < -0.39 is 0 Å². The van der Waals surface area contributed by atoms with E-state index in [4.69, 9.17) is 18.0 Å². The van der Waals surface area contributed by atoms with Crippen molar-refractivity contribution in [2.24, 2.45) is 12.8 Å². The Bertz CT molecular complexity index is 719. The molecule has 4 nitrogen and oxygen atoms in total. The van der Waals surface area contributed by atoms with Crippen molar-refractivity contribution in [2.75, 3.05) is 0 Å². The summed E-state index contributed by atoms with van der Waals surface area (Å²) in [7, 11) is 1.60. The minimum atomic E-state index is -0.276. The van der Waals surface area contributed by atoms with E-state index in [0.29, 0.717) is 11.3 Å². The van der Waals surface area contributed by atoms with Gasteiger partial charge in [0.1, 0.15) is 4.99 Å². The Balaban J connectivity index is 2.73. The predicted octanol–water partition coefficient (Wildman–Crippen LogP) is 1.70. The van der Waals surface area contributed by atoms with Crippen LogP contribution in [0.25, 0.3) is 11.3 Å². The Hall–Kier alpha value is -2.01. The number of hydrogen-bond acceptors (Lipinski definition) is 3. The topological polar surface area (TPSA) is 60.9 Å². The molecule has 1 aromatic carbocycles. The first-order valence-electron chi connectivity index (χ1n) is 5.86. The summed E-state index contributed by atoms with van der Waals surface area (Å²) in [6.45, 7) is 4.02. The molecule has 0 saturated heterocycles. The third-order valence-electron chi connectivity index (χ3n) is 3.00. The van der Waals surface area contributed by atoms with Gasteiger partial charge in [0.2, 0.25) is 0 Å². The highest BCUT2D eigenvalue weighted by Crippen LogP contribution is 2.22. The number of benzene rings is 1. The number of thiocarbonyl (C=S) groups is 1. The molecule has 0 spiro atoms. The van der Waals surface area contributed by atoms with Gasteiger partial charge in [0.15, 0.2) is 0 Å². The lowest BCUT2D eigenvalue weighted by Crippen LogP contribution is -2.29. The summed E-state index contributed by atoms with van der Waals surface area (Å²) in [6.07, 6.45) is 0. The lowest BCUT2D eigenvalue weighted by Gasteiger charge is -2.09. The second-order valence-corrected chi connectivity index (χ2v) is 4.99. The van der Waals surface area contributed by atoms with Crippen LogP contribution in [0.3, 0.4) is 0 Å². The molecule has 0 aliphatic carbocycles. The van der Waals surface area contributed by atoms with Gasteiger partial charge in [0.25, 0.3) is 5.56 Å². The Morgan fingerprint density at radius 1 is 1.32 bits per heavy atom. The van der Waals surface area contributed by atoms with Crippen LogP contribution in [0.2, 0.25) is 0 Å². The highest BCUT2D eigenvalue weighted by molar-refractivity contribution is 7.80. The van der Waals surface area contributed by atoms with Crippen molar-refractivity contribution in [2.45, 2.75) is 13.8 Å². The quantitative estimate of drug-likeness (QED) is 0.846. The normalized spacial score (nSPS) is 10.5. The molecule has 0 saturated carbocycles. The molecule has 0 aliphatic rings. The Labute approximate surface area is 116 Å². The first-order chi connectivity index (χ1) is 8.90. The lowest BCUT2D eigenvalue weighted by atomic mass is 10.0. The summed E-state index contributed by atoms with van der Waals surface area (Å²) in [4.78, 5) is 12.0. The second kappa shape index (κ2) is 4.93. The standard InChI is InChI=1S/C14H15N3OS/c1-8-4-5-9(2)10(6-8)12-7-11(13(15)19)14(18)17(3)16-12/h4-7H,1-3H3,(H2,15,19). The van der Waals surface area contributed by atoms with Gasteiger partial charge < -0.3 is 5.73 Å². The van der Waals surface area contributed by atoms with Crippen LogP contribution in [-0.4, -0.2) is 14.8 Å². The van der Waals surface area contributed by atoms with Crippen molar-refractivity contribution in [3.63, 3.8) is 0 Å². The van der Waals surface area contributed by atoms with Gasteiger partial charge in [0.05, 0.1) is 11.3 Å². The average molecular weight is 273 g/mol. The molecule has 0 atom stereocenters. The van der Waals surface area contributed by atoms with Crippen molar-refractivity contribution >= 4 is 17.2 Å². The van der Waals surface area contributed by atoms with Gasteiger partial charge in [0, 0.05) is 12.6 Å². The molecule has 2 N–H and O–H groups in total. The number of aromatic nitrogens is 2. The first kappa shape index (κ1) is 13.4. The van der Waals surface area contributed by atoms with Crippen LogP contribution in [0.1, 0.15) is 16.7 Å². The van der Waals surface area contributed by atoms with E-state index in [9.17, 15) is 4.79 Å². The maximum atomic E-state index is 11.9. The van der Waals surface area contributed by atoms with Gasteiger partial charge in [-0.05, 0) is 31.5 Å². The molecule has 0 unspecified atom stereocenters. The molecule has 2 rings (SSSR count). The molecule has 0 fully saturated rings. The molecule has 0 aliphatic heterocycles. The highest BCUT2D eigenvalue weighted by Gasteiger charge is 2.11. The highest BCUT2D eigenvalue weighted by atomic mass is 32.1. The fourth-order valence-corrected chi connectivity index (χ4v) is 2.07. The van der Waals surface area contributed by atoms with Crippen molar-refractivity contribution in [1.82, 2.24) is 9.78 Å². The molecule has 0 radical (unpaired) electrons. The monoisotopic (exact) mass is 273 g/mol. The Morgan fingerprint density at radius 3 is 2.63 bits per heavy atom. The fraction of sp³-hybridized carbons (Fsp3) is 0.214. The number of aryl methyl sites for hydroxylation is 3. The zero-order valence-corrected chi connectivity index (χ0v) is 11.9. The lowest BCUT2D eigenvalue weighted by molar-refractivity contribution is 0.710. The molecule has 1 aromatic heterocycles. The summed E-state index contributed by atoms with van der Waals surface area (Å²) < 4.78 is 1.27. The van der Waals surface area contributed by atoms with Gasteiger partial charge in [-0.1, -0.05) is 29.9 Å². The van der Waals surface area contributed by atoms with Gasteiger partial charge in [-0.25, -0.2) is 4.68 Å². The molecule has 5 heteroatoms. The molecular formula is C14H15N3OS. The predicted molar refractivity (Wildman–Crippen MR) is 80.3 cm³/mol. The average Bonchev–Trinajstić information content (AvgIpc) is 2.35. The van der Waals surface area contributed by atoms with Crippen LogP contribution in [0.5, 0.6) is 0 Å². The third-order valence-corrected chi connectivity index (χ3v) is 3.22. The van der Waals surface area contributed by atoms with Crippen molar-refractivity contribution in [3.05, 3.63) is 51.3 Å². The second-order valence-electron chi connectivity index (χ2n) is 4.55. The van der Waals surface area contributed by atoms with Gasteiger partial charge in [-0.15, -0.1) is 0 Å². The van der Waals surface area contributed by atoms with Crippen molar-refractivity contribution in [1.29, 1.82) is 0 Å². The van der Waals surface area contributed by atoms with Crippen LogP contribution < -0.4 is 11.3 Å². The SMILES string of the molecule is Cc1ccc(C)c(-c2cc(C(N)=S)c(=O)n(C)n2)c1. The van der Waals surface area contributed by atoms with Crippen LogP contribution >= 0.6 is 12.2 Å². The van der Waals surface area contributed by atoms with E-state index in [1.807, 2.05) is 32.0 Å². The van der Waals surface area contributed by atoms with E-state index in [-0.39, 0.29) is 10.5 Å². The fourth-order valence-electron chi connectivity index (χ4n) is 1.93. The Morgan fingerprint density at radius 2 is 2.00 bits per heavy atom. The summed E-state index contributed by atoms with van der Waals surface area (Å²) in [5.74, 6) is 0. The maximum Gasteiger partial charge on any atom is 0.276 e. The minimum absolute atomic E-state index is 0.0922. The molecule has 98 valence electrons. The van der Waals surface area contributed by atoms with Crippen LogP contribution in [0, 0.1) is 13.8 Å². The van der Waals surface area contributed by atoms with Gasteiger partial charge >= 0.3 is 0 Å². The van der Waals surface area contributed by atoms with E-state index in [0.717, 1.165) is 16.7 Å². The zero-order chi connectivity index (χ0) is 14.2. The largest absolute Gasteiger partial charge is 0.389 e. The van der Waals surface area contributed by atoms with Gasteiger partial charge in [-0.2, -0.15) is 5.10 Å². The molecule has 2 aromatic rings. The molecule has 0 bridgehead atoms. The summed E-state index contributed by atoms with van der Waals surface area (Å²) >= 11 is 4.91. The van der Waals surface area contributed by atoms with Crippen molar-refractivity contribution in [3.8, 4) is 11.3 Å². The van der Waals surface area contributed by atoms with E-state index in [2.05, 4.69) is 5.10 Å². The van der Waals surface area contributed by atoms with Crippen LogP contribution in [0.4, 0.5) is 0 Å². The molecular weight excluding hydrogens is 258 g/mol. The maximum absolute atomic E-state index is 11.9. The number of nitrogens with two attached hydrogens (primary N) is 1. The number of nitrogens with zero attached hydrogens (tertiary/aromatic N) is 2.